The van der Waals surface area contributed by atoms with Gasteiger partial charge < -0.3 is 14.9 Å². The van der Waals surface area contributed by atoms with Gasteiger partial charge >= 0.3 is 6.18 Å². The van der Waals surface area contributed by atoms with E-state index in [1.807, 2.05) is 0 Å². The van der Waals surface area contributed by atoms with E-state index in [0.29, 0.717) is 34.8 Å². The Balaban J connectivity index is 1.34. The van der Waals surface area contributed by atoms with Gasteiger partial charge in [-0.2, -0.15) is 13.2 Å². The molecule has 0 aliphatic heterocycles. The molecule has 0 bridgehead atoms. The van der Waals surface area contributed by atoms with Crippen LogP contribution in [0.1, 0.15) is 31.4 Å². The summed E-state index contributed by atoms with van der Waals surface area (Å²) in [5.41, 5.74) is -0.710. The van der Waals surface area contributed by atoms with E-state index >= 15 is 4.39 Å². The normalized spacial score (nSPS) is 17.8. The van der Waals surface area contributed by atoms with E-state index in [-0.39, 0.29) is 27.8 Å². The molecule has 2 heterocycles. The fourth-order valence-electron chi connectivity index (χ4n) is 4.87. The fraction of sp³-hybridized carbons (Fsp3) is 0.321. The SMILES string of the molecule is CN(C)C1CCC(Nc2ncc3cc(-c4c(F)ccc(NSc5cccnc5C(F)(F)F)c4F)ccc3n2)CC1. The second-order valence-corrected chi connectivity index (χ2v) is 10.8. The number of pyridine rings is 1. The number of hydrogen-bond donors (Lipinski definition) is 2. The highest BCUT2D eigenvalue weighted by molar-refractivity contribution is 8.00. The zero-order valence-electron chi connectivity index (χ0n) is 21.8. The lowest BCUT2D eigenvalue weighted by Gasteiger charge is -2.32. The van der Waals surface area contributed by atoms with Crippen LogP contribution in [0.2, 0.25) is 0 Å². The number of hydrogen-bond acceptors (Lipinski definition) is 7. The Bertz CT molecular complexity index is 1500. The molecule has 1 fully saturated rings. The van der Waals surface area contributed by atoms with Crippen LogP contribution < -0.4 is 10.0 Å². The smallest absolute Gasteiger partial charge is 0.351 e. The summed E-state index contributed by atoms with van der Waals surface area (Å²) in [6.07, 6.45) is 2.18. The molecule has 2 N–H and O–H groups in total. The molecule has 5 rings (SSSR count). The Morgan fingerprint density at radius 3 is 2.48 bits per heavy atom. The maximum Gasteiger partial charge on any atom is 0.434 e. The van der Waals surface area contributed by atoms with E-state index in [0.717, 1.165) is 44.0 Å². The van der Waals surface area contributed by atoms with Gasteiger partial charge in [-0.1, -0.05) is 6.07 Å². The van der Waals surface area contributed by atoms with Gasteiger partial charge in [0.25, 0.3) is 0 Å². The standard InChI is InChI=1S/C28H27F5N6S/c1-39(2)19-8-6-18(7-9-19)36-27-35-15-17-14-16(5-11-21(17)37-27)24-20(29)10-12-22(25(24)30)38-40-23-4-3-13-34-26(23)28(31,32)33/h3-5,10-15,18-19,38H,6-9H2,1-2H3,(H,35,36,37). The maximum absolute atomic E-state index is 15.5. The molecule has 210 valence electrons. The third-order valence-electron chi connectivity index (χ3n) is 7.03. The molecule has 0 atom stereocenters. The van der Waals surface area contributed by atoms with Crippen molar-refractivity contribution in [3.05, 3.63) is 72.2 Å². The lowest BCUT2D eigenvalue weighted by Crippen LogP contribution is -2.36. The van der Waals surface area contributed by atoms with Crippen molar-refractivity contribution >= 4 is 34.5 Å². The monoisotopic (exact) mass is 574 g/mol. The summed E-state index contributed by atoms with van der Waals surface area (Å²) in [6, 6.07) is 10.4. The molecule has 6 nitrogen and oxygen atoms in total. The average Bonchev–Trinajstić information content (AvgIpc) is 2.92. The van der Waals surface area contributed by atoms with E-state index in [1.165, 1.54) is 12.1 Å². The van der Waals surface area contributed by atoms with Gasteiger partial charge in [0.15, 0.2) is 11.5 Å². The highest BCUT2D eigenvalue weighted by Gasteiger charge is 2.35. The Labute approximate surface area is 232 Å². The van der Waals surface area contributed by atoms with Crippen molar-refractivity contribution in [2.24, 2.45) is 0 Å². The predicted molar refractivity (Wildman–Crippen MR) is 147 cm³/mol. The van der Waals surface area contributed by atoms with Crippen molar-refractivity contribution in [3.8, 4) is 11.1 Å². The summed E-state index contributed by atoms with van der Waals surface area (Å²) >= 11 is 0.546. The van der Waals surface area contributed by atoms with E-state index in [2.05, 4.69) is 44.0 Å². The third kappa shape index (κ3) is 6.12. The molecule has 1 aliphatic carbocycles. The van der Waals surface area contributed by atoms with Crippen molar-refractivity contribution in [2.75, 3.05) is 24.1 Å². The van der Waals surface area contributed by atoms with Crippen LogP contribution in [0, 0.1) is 11.6 Å². The van der Waals surface area contributed by atoms with Gasteiger partial charge in [0.05, 0.1) is 21.7 Å². The van der Waals surface area contributed by atoms with Gasteiger partial charge in [-0.25, -0.2) is 18.7 Å². The highest BCUT2D eigenvalue weighted by atomic mass is 32.2. The Morgan fingerprint density at radius 1 is 0.975 bits per heavy atom. The second kappa shape index (κ2) is 11.5. The summed E-state index contributed by atoms with van der Waals surface area (Å²) in [5, 5.41) is 3.99. The highest BCUT2D eigenvalue weighted by Crippen LogP contribution is 2.37. The predicted octanol–water partition coefficient (Wildman–Crippen LogP) is 7.39. The zero-order valence-corrected chi connectivity index (χ0v) is 22.6. The van der Waals surface area contributed by atoms with Crippen molar-refractivity contribution < 1.29 is 22.0 Å². The minimum Gasteiger partial charge on any atom is -0.351 e. The Hall–Kier alpha value is -3.51. The molecule has 12 heteroatoms. The van der Waals surface area contributed by atoms with Crippen LogP contribution in [0.15, 0.2) is 59.8 Å². The second-order valence-electron chi connectivity index (χ2n) is 9.92. The van der Waals surface area contributed by atoms with Crippen LogP contribution in [0.3, 0.4) is 0 Å². The molecule has 0 spiro atoms. The first-order valence-corrected chi connectivity index (χ1v) is 13.5. The van der Waals surface area contributed by atoms with Crippen LogP contribution in [-0.4, -0.2) is 46.0 Å². The van der Waals surface area contributed by atoms with Crippen molar-refractivity contribution in [3.63, 3.8) is 0 Å². The molecule has 0 radical (unpaired) electrons. The topological polar surface area (TPSA) is 66.0 Å². The maximum atomic E-state index is 15.5. The van der Waals surface area contributed by atoms with E-state index in [4.69, 9.17) is 0 Å². The summed E-state index contributed by atoms with van der Waals surface area (Å²) in [5.74, 6) is -1.24. The van der Waals surface area contributed by atoms with E-state index in [1.54, 1.807) is 24.4 Å². The lowest BCUT2D eigenvalue weighted by molar-refractivity contribution is -0.143. The quantitative estimate of drug-likeness (QED) is 0.176. The zero-order chi connectivity index (χ0) is 28.4. The number of rotatable bonds is 7. The number of halogens is 5. The van der Waals surface area contributed by atoms with Crippen molar-refractivity contribution in [2.45, 2.75) is 48.8 Å². The summed E-state index contributed by atoms with van der Waals surface area (Å²) in [7, 11) is 4.19. The Morgan fingerprint density at radius 2 is 1.75 bits per heavy atom. The number of nitrogens with one attached hydrogen (secondary N) is 2. The van der Waals surface area contributed by atoms with Crippen LogP contribution in [-0.2, 0) is 6.18 Å². The molecule has 2 aromatic carbocycles. The van der Waals surface area contributed by atoms with Gasteiger partial charge in [0.1, 0.15) is 5.82 Å². The first-order chi connectivity index (χ1) is 19.1. The first-order valence-electron chi connectivity index (χ1n) is 12.7. The number of nitrogens with zero attached hydrogens (tertiary/aromatic N) is 4. The lowest BCUT2D eigenvalue weighted by atomic mass is 9.91. The number of aromatic nitrogens is 3. The largest absolute Gasteiger partial charge is 0.434 e. The molecular weight excluding hydrogens is 547 g/mol. The summed E-state index contributed by atoms with van der Waals surface area (Å²) in [6.45, 7) is 0. The minimum atomic E-state index is -4.67. The number of benzene rings is 2. The summed E-state index contributed by atoms with van der Waals surface area (Å²) < 4.78 is 72.6. The fourth-order valence-corrected chi connectivity index (χ4v) is 5.66. The van der Waals surface area contributed by atoms with Crippen LogP contribution >= 0.6 is 11.9 Å². The van der Waals surface area contributed by atoms with Gasteiger partial charge in [-0.15, -0.1) is 0 Å². The van der Waals surface area contributed by atoms with Crippen molar-refractivity contribution in [1.82, 2.24) is 19.9 Å². The first kappa shape index (κ1) is 28.0. The number of anilines is 2. The molecule has 0 unspecified atom stereocenters. The van der Waals surface area contributed by atoms with Gasteiger partial charge in [-0.05, 0) is 93.7 Å². The number of fused-ring (bicyclic) bond motifs is 1. The molecular formula is C28H27F5N6S. The molecule has 4 aromatic rings. The molecule has 2 aromatic heterocycles. The molecule has 1 aliphatic rings. The third-order valence-corrected chi connectivity index (χ3v) is 7.90. The molecule has 40 heavy (non-hydrogen) atoms. The van der Waals surface area contributed by atoms with Gasteiger partial charge in [0, 0.05) is 29.9 Å². The molecule has 1 saturated carbocycles. The van der Waals surface area contributed by atoms with Crippen LogP contribution in [0.25, 0.3) is 22.0 Å². The van der Waals surface area contributed by atoms with Crippen LogP contribution in [0.4, 0.5) is 33.6 Å². The van der Waals surface area contributed by atoms with Gasteiger partial charge in [-0.3, -0.25) is 4.98 Å². The number of alkyl halides is 3. The van der Waals surface area contributed by atoms with Crippen molar-refractivity contribution in [1.29, 1.82) is 0 Å². The molecule has 0 amide bonds. The van der Waals surface area contributed by atoms with Gasteiger partial charge in [0.2, 0.25) is 5.95 Å². The van der Waals surface area contributed by atoms with Crippen LogP contribution in [0.5, 0.6) is 0 Å². The minimum absolute atomic E-state index is 0.168. The van der Waals surface area contributed by atoms with E-state index in [9.17, 15) is 17.6 Å². The Kier molecular flexibility index (Phi) is 8.09. The average molecular weight is 575 g/mol. The summed E-state index contributed by atoms with van der Waals surface area (Å²) in [4.78, 5) is 14.4. The molecule has 0 saturated heterocycles. The van der Waals surface area contributed by atoms with E-state index < -0.39 is 23.5 Å².